The van der Waals surface area contributed by atoms with Gasteiger partial charge in [-0.1, -0.05) is 18.2 Å². The van der Waals surface area contributed by atoms with Crippen molar-refractivity contribution in [1.29, 1.82) is 0 Å². The average molecular weight is 307 g/mol. The molecule has 116 valence electrons. The number of para-hydroxylation sites is 1. The molecular weight excluding hydrogens is 293 g/mol. The quantitative estimate of drug-likeness (QED) is 0.628. The molecular formula is C15H14FNO5. The number of hydrogen-bond donors (Lipinski definition) is 1. The van der Waals surface area contributed by atoms with E-state index in [0.717, 1.165) is 18.2 Å². The summed E-state index contributed by atoms with van der Waals surface area (Å²) in [4.78, 5) is 9.79. The number of nitro benzene ring substituents is 1. The van der Waals surface area contributed by atoms with E-state index < -0.39 is 16.8 Å². The Kier molecular flexibility index (Phi) is 5.26. The van der Waals surface area contributed by atoms with Gasteiger partial charge in [0, 0.05) is 6.07 Å². The molecule has 2 aromatic rings. The predicted octanol–water partition coefficient (Wildman–Crippen LogP) is 2.55. The molecule has 7 heteroatoms. The van der Waals surface area contributed by atoms with Crippen LogP contribution in [0.25, 0.3) is 0 Å². The Labute approximate surface area is 125 Å². The van der Waals surface area contributed by atoms with Gasteiger partial charge in [-0.3, -0.25) is 10.1 Å². The second-order valence-electron chi connectivity index (χ2n) is 4.46. The first-order valence-corrected chi connectivity index (χ1v) is 6.49. The van der Waals surface area contributed by atoms with Crippen LogP contribution in [-0.2, 0) is 0 Å². The maximum absolute atomic E-state index is 13.6. The first kappa shape index (κ1) is 15.7. The Bertz CT molecular complexity index is 635. The number of aliphatic hydroxyl groups excluding tert-OH is 1. The lowest BCUT2D eigenvalue weighted by Crippen LogP contribution is -2.25. The number of nitrogens with zero attached hydrogens (tertiary/aromatic N) is 1. The summed E-state index contributed by atoms with van der Waals surface area (Å²) in [6, 6.07) is 12.0. The molecule has 0 unspecified atom stereocenters. The molecule has 6 nitrogen and oxygen atoms in total. The zero-order valence-electron chi connectivity index (χ0n) is 11.5. The number of benzene rings is 2. The van der Waals surface area contributed by atoms with Crippen molar-refractivity contribution in [2.24, 2.45) is 0 Å². The van der Waals surface area contributed by atoms with Gasteiger partial charge in [-0.15, -0.1) is 0 Å². The molecule has 2 aromatic carbocycles. The molecule has 22 heavy (non-hydrogen) atoms. The zero-order valence-corrected chi connectivity index (χ0v) is 11.5. The Morgan fingerprint density at radius 1 is 1.14 bits per heavy atom. The molecule has 0 aliphatic heterocycles. The van der Waals surface area contributed by atoms with Crippen molar-refractivity contribution >= 4 is 5.69 Å². The van der Waals surface area contributed by atoms with E-state index in [1.165, 1.54) is 0 Å². The highest BCUT2D eigenvalue weighted by atomic mass is 19.1. The summed E-state index contributed by atoms with van der Waals surface area (Å²) in [6.07, 6.45) is -0.963. The minimum absolute atomic E-state index is 0.0153. The first-order valence-electron chi connectivity index (χ1n) is 6.49. The van der Waals surface area contributed by atoms with Gasteiger partial charge in [0.05, 0.1) is 11.0 Å². The third-order valence-electron chi connectivity index (χ3n) is 2.74. The number of non-ortho nitro benzene ring substituents is 1. The van der Waals surface area contributed by atoms with Crippen molar-refractivity contribution in [3.63, 3.8) is 0 Å². The van der Waals surface area contributed by atoms with Gasteiger partial charge in [0.25, 0.3) is 5.69 Å². The molecule has 0 spiro atoms. The van der Waals surface area contributed by atoms with Crippen LogP contribution in [-0.4, -0.2) is 29.3 Å². The van der Waals surface area contributed by atoms with Crippen molar-refractivity contribution in [3.05, 3.63) is 64.5 Å². The van der Waals surface area contributed by atoms with Crippen LogP contribution in [0.15, 0.2) is 48.5 Å². The minimum Gasteiger partial charge on any atom is -0.491 e. The smallest absolute Gasteiger partial charge is 0.272 e. The van der Waals surface area contributed by atoms with E-state index in [9.17, 15) is 19.6 Å². The van der Waals surface area contributed by atoms with E-state index in [1.54, 1.807) is 24.3 Å². The normalized spacial score (nSPS) is 11.7. The number of halogens is 1. The van der Waals surface area contributed by atoms with Crippen LogP contribution in [0.3, 0.4) is 0 Å². The highest BCUT2D eigenvalue weighted by molar-refractivity contribution is 5.37. The fraction of sp³-hybridized carbons (Fsp3) is 0.200. The molecule has 0 aliphatic carbocycles. The van der Waals surface area contributed by atoms with Crippen LogP contribution in [0.1, 0.15) is 0 Å². The van der Waals surface area contributed by atoms with Crippen LogP contribution >= 0.6 is 0 Å². The Hall–Kier alpha value is -2.67. The molecule has 0 bridgehead atoms. The third kappa shape index (κ3) is 4.42. The number of nitro groups is 1. The van der Waals surface area contributed by atoms with Crippen LogP contribution in [0.4, 0.5) is 10.1 Å². The number of ether oxygens (including phenoxy) is 2. The fourth-order valence-corrected chi connectivity index (χ4v) is 1.66. The molecule has 1 atom stereocenters. The lowest BCUT2D eigenvalue weighted by atomic mass is 10.3. The molecule has 0 aliphatic rings. The highest BCUT2D eigenvalue weighted by Gasteiger charge is 2.13. The van der Waals surface area contributed by atoms with Crippen molar-refractivity contribution in [3.8, 4) is 11.5 Å². The van der Waals surface area contributed by atoms with Gasteiger partial charge in [0.15, 0.2) is 11.6 Å². The molecule has 0 heterocycles. The minimum atomic E-state index is -0.963. The van der Waals surface area contributed by atoms with Crippen LogP contribution in [0.5, 0.6) is 11.5 Å². The van der Waals surface area contributed by atoms with Gasteiger partial charge in [0.2, 0.25) is 0 Å². The SMILES string of the molecule is O=[N+]([O-])c1ccc(OC[C@H](O)COc2ccccc2)c(F)c1. The standard InChI is InChI=1S/C15H14FNO5/c16-14-8-11(17(19)20)6-7-15(14)22-10-12(18)9-21-13-4-2-1-3-5-13/h1-8,12,18H,9-10H2/t12-/m1/s1. The van der Waals surface area contributed by atoms with Crippen molar-refractivity contribution in [1.82, 2.24) is 0 Å². The lowest BCUT2D eigenvalue weighted by Gasteiger charge is -2.13. The summed E-state index contributed by atoms with van der Waals surface area (Å²) in [7, 11) is 0. The second-order valence-corrected chi connectivity index (χ2v) is 4.46. The summed E-state index contributed by atoms with van der Waals surface area (Å²) >= 11 is 0. The molecule has 2 rings (SSSR count). The average Bonchev–Trinajstić information content (AvgIpc) is 2.52. The van der Waals surface area contributed by atoms with Gasteiger partial charge >= 0.3 is 0 Å². The number of hydrogen-bond acceptors (Lipinski definition) is 5. The van der Waals surface area contributed by atoms with Gasteiger partial charge in [0.1, 0.15) is 25.1 Å². The fourth-order valence-electron chi connectivity index (χ4n) is 1.66. The van der Waals surface area contributed by atoms with Crippen molar-refractivity contribution in [2.45, 2.75) is 6.10 Å². The first-order chi connectivity index (χ1) is 10.6. The second kappa shape index (κ2) is 7.37. The molecule has 0 amide bonds. The maximum Gasteiger partial charge on any atom is 0.272 e. The van der Waals surface area contributed by atoms with Gasteiger partial charge in [-0.05, 0) is 18.2 Å². The molecule has 0 saturated carbocycles. The summed E-state index contributed by atoms with van der Waals surface area (Å²) in [6.45, 7) is -0.208. The van der Waals surface area contributed by atoms with Crippen molar-refractivity contribution in [2.75, 3.05) is 13.2 Å². The van der Waals surface area contributed by atoms with Crippen LogP contribution in [0.2, 0.25) is 0 Å². The summed E-state index contributed by atoms with van der Waals surface area (Å²) in [5.74, 6) is -0.419. The molecule has 0 fully saturated rings. The Balaban J connectivity index is 1.83. The third-order valence-corrected chi connectivity index (χ3v) is 2.74. The van der Waals surface area contributed by atoms with E-state index in [1.807, 2.05) is 6.07 Å². The van der Waals surface area contributed by atoms with Gasteiger partial charge in [-0.2, -0.15) is 0 Å². The monoisotopic (exact) mass is 307 g/mol. The zero-order chi connectivity index (χ0) is 15.9. The van der Waals surface area contributed by atoms with E-state index in [0.29, 0.717) is 5.75 Å². The van der Waals surface area contributed by atoms with Gasteiger partial charge in [-0.25, -0.2) is 4.39 Å². The molecule has 1 N–H and O–H groups in total. The van der Waals surface area contributed by atoms with E-state index in [-0.39, 0.29) is 24.7 Å². The van der Waals surface area contributed by atoms with Crippen LogP contribution in [0, 0.1) is 15.9 Å². The largest absolute Gasteiger partial charge is 0.491 e. The predicted molar refractivity (Wildman–Crippen MR) is 76.5 cm³/mol. The lowest BCUT2D eigenvalue weighted by molar-refractivity contribution is -0.385. The molecule has 0 saturated heterocycles. The molecule has 0 aromatic heterocycles. The van der Waals surface area contributed by atoms with Crippen LogP contribution < -0.4 is 9.47 Å². The van der Waals surface area contributed by atoms with E-state index in [4.69, 9.17) is 9.47 Å². The Morgan fingerprint density at radius 2 is 1.82 bits per heavy atom. The summed E-state index contributed by atoms with van der Waals surface area (Å²) in [5.41, 5.74) is -0.363. The summed E-state index contributed by atoms with van der Waals surface area (Å²) in [5, 5.41) is 20.2. The topological polar surface area (TPSA) is 81.8 Å². The van der Waals surface area contributed by atoms with Crippen molar-refractivity contribution < 1.29 is 23.9 Å². The summed E-state index contributed by atoms with van der Waals surface area (Å²) < 4.78 is 24.0. The number of aliphatic hydroxyl groups is 1. The van der Waals surface area contributed by atoms with E-state index >= 15 is 0 Å². The molecule has 0 radical (unpaired) electrons. The van der Waals surface area contributed by atoms with E-state index in [2.05, 4.69) is 0 Å². The van der Waals surface area contributed by atoms with Gasteiger partial charge < -0.3 is 14.6 Å². The Morgan fingerprint density at radius 3 is 2.45 bits per heavy atom. The highest BCUT2D eigenvalue weighted by Crippen LogP contribution is 2.22. The number of rotatable bonds is 7. The maximum atomic E-state index is 13.6.